The number of nitrogens with two attached hydrogens (primary N) is 1. The molecule has 0 saturated heterocycles. The second-order valence-electron chi connectivity index (χ2n) is 4.75. The largest absolute Gasteiger partial charge is 0.368 e. The van der Waals surface area contributed by atoms with Crippen LogP contribution in [0.15, 0.2) is 0 Å². The first-order valence-corrected chi connectivity index (χ1v) is 6.67. The highest BCUT2D eigenvalue weighted by Gasteiger charge is 2.29. The van der Waals surface area contributed by atoms with Crippen molar-refractivity contribution in [2.75, 3.05) is 13.2 Å². The molecule has 0 saturated carbocycles. The van der Waals surface area contributed by atoms with Gasteiger partial charge in [-0.3, -0.25) is 0 Å². The summed E-state index contributed by atoms with van der Waals surface area (Å²) in [6.45, 7) is 11.5. The molecule has 0 spiro atoms. The van der Waals surface area contributed by atoms with E-state index in [1.807, 2.05) is 27.7 Å². The van der Waals surface area contributed by atoms with Gasteiger partial charge in [-0.2, -0.15) is 0 Å². The highest BCUT2D eigenvalue weighted by molar-refractivity contribution is 5.26. The van der Waals surface area contributed by atoms with Gasteiger partial charge in [0.1, 0.15) is 5.60 Å². The van der Waals surface area contributed by atoms with Crippen LogP contribution in [0.5, 0.6) is 0 Å². The van der Waals surface area contributed by atoms with Crippen LogP contribution in [0.4, 0.5) is 0 Å². The molecule has 0 amide bonds. The van der Waals surface area contributed by atoms with Gasteiger partial charge in [-0.05, 0) is 52.6 Å². The number of hydrogen-bond acceptors (Lipinski definition) is 4. The molecule has 1 aromatic rings. The smallest absolute Gasteiger partial charge is 0.160 e. The fraction of sp³-hybridized carbons (Fsp3) is 0.714. The van der Waals surface area contributed by atoms with Crippen LogP contribution in [0, 0.1) is 13.8 Å². The molecule has 18 heavy (non-hydrogen) atoms. The normalized spacial score (nSPS) is 14.6. The third kappa shape index (κ3) is 3.06. The lowest BCUT2D eigenvalue weighted by Crippen LogP contribution is -2.29. The molecular formula is C14H25N3O. The number of nitrogens with zero attached hydrogens (tertiary/aromatic N) is 2. The SMILES string of the molecule is CCOC(C)(CC)c1nc(C)c(CCN)c(C)n1. The zero-order valence-electron chi connectivity index (χ0n) is 12.2. The lowest BCUT2D eigenvalue weighted by atomic mass is 10.0. The van der Waals surface area contributed by atoms with Crippen molar-refractivity contribution in [3.8, 4) is 0 Å². The molecular weight excluding hydrogens is 226 g/mol. The Balaban J connectivity index is 3.19. The van der Waals surface area contributed by atoms with Gasteiger partial charge in [0.05, 0.1) is 0 Å². The lowest BCUT2D eigenvalue weighted by molar-refractivity contribution is -0.0393. The van der Waals surface area contributed by atoms with Gasteiger partial charge in [0, 0.05) is 18.0 Å². The standard InChI is InChI=1S/C14H25N3O/c1-6-14(5,18-7-2)13-16-10(3)12(8-9-15)11(4)17-13/h6-9,15H2,1-5H3. The summed E-state index contributed by atoms with van der Waals surface area (Å²) in [6, 6.07) is 0. The molecule has 1 aromatic heterocycles. The highest BCUT2D eigenvalue weighted by atomic mass is 16.5. The average molecular weight is 251 g/mol. The predicted molar refractivity (Wildman–Crippen MR) is 73.5 cm³/mol. The summed E-state index contributed by atoms with van der Waals surface area (Å²) in [6.07, 6.45) is 1.69. The summed E-state index contributed by atoms with van der Waals surface area (Å²) in [5.41, 5.74) is 8.41. The minimum absolute atomic E-state index is 0.397. The first kappa shape index (κ1) is 15.1. The quantitative estimate of drug-likeness (QED) is 0.842. The zero-order chi connectivity index (χ0) is 13.8. The number of ether oxygens (including phenoxy) is 1. The molecule has 0 aliphatic carbocycles. The Bertz CT molecular complexity index is 383. The molecule has 0 aliphatic rings. The summed E-state index contributed by atoms with van der Waals surface area (Å²) in [7, 11) is 0. The van der Waals surface area contributed by atoms with Gasteiger partial charge in [0.2, 0.25) is 0 Å². The van der Waals surface area contributed by atoms with Gasteiger partial charge in [-0.25, -0.2) is 9.97 Å². The molecule has 1 rings (SSSR count). The van der Waals surface area contributed by atoms with Crippen molar-refractivity contribution < 1.29 is 4.74 Å². The average Bonchev–Trinajstić information content (AvgIpc) is 2.33. The number of rotatable bonds is 6. The molecule has 4 heteroatoms. The maximum absolute atomic E-state index is 5.82. The maximum Gasteiger partial charge on any atom is 0.160 e. The highest BCUT2D eigenvalue weighted by Crippen LogP contribution is 2.27. The van der Waals surface area contributed by atoms with E-state index < -0.39 is 5.60 Å². The number of aromatic nitrogens is 2. The Morgan fingerprint density at radius 3 is 2.11 bits per heavy atom. The van der Waals surface area contributed by atoms with Crippen LogP contribution in [-0.2, 0) is 16.8 Å². The van der Waals surface area contributed by atoms with Gasteiger partial charge in [-0.1, -0.05) is 6.92 Å². The molecule has 1 atom stereocenters. The maximum atomic E-state index is 5.82. The van der Waals surface area contributed by atoms with Crippen LogP contribution in [0.2, 0.25) is 0 Å². The van der Waals surface area contributed by atoms with Gasteiger partial charge >= 0.3 is 0 Å². The van der Waals surface area contributed by atoms with Crippen molar-refractivity contribution in [3.63, 3.8) is 0 Å². The number of hydrogen-bond donors (Lipinski definition) is 1. The second kappa shape index (κ2) is 6.25. The molecule has 0 radical (unpaired) electrons. The second-order valence-corrected chi connectivity index (χ2v) is 4.75. The predicted octanol–water partition coefficient (Wildman–Crippen LogP) is 2.26. The van der Waals surface area contributed by atoms with Crippen molar-refractivity contribution in [2.24, 2.45) is 5.73 Å². The van der Waals surface area contributed by atoms with Crippen LogP contribution in [0.25, 0.3) is 0 Å². The summed E-state index contributed by atoms with van der Waals surface area (Å²) >= 11 is 0. The first-order valence-electron chi connectivity index (χ1n) is 6.67. The van der Waals surface area contributed by atoms with Crippen molar-refractivity contribution in [1.82, 2.24) is 9.97 Å². The monoisotopic (exact) mass is 251 g/mol. The Morgan fingerprint density at radius 1 is 1.17 bits per heavy atom. The van der Waals surface area contributed by atoms with Crippen LogP contribution in [0.3, 0.4) is 0 Å². The summed E-state index contributed by atoms with van der Waals surface area (Å²) in [5.74, 6) is 0.780. The molecule has 1 heterocycles. The van der Waals surface area contributed by atoms with Gasteiger partial charge in [0.25, 0.3) is 0 Å². The van der Waals surface area contributed by atoms with E-state index in [9.17, 15) is 0 Å². The van der Waals surface area contributed by atoms with Crippen molar-refractivity contribution in [2.45, 2.75) is 53.1 Å². The van der Waals surface area contributed by atoms with Crippen LogP contribution in [0.1, 0.15) is 50.0 Å². The fourth-order valence-electron chi connectivity index (χ4n) is 2.13. The van der Waals surface area contributed by atoms with E-state index in [0.717, 1.165) is 35.6 Å². The molecule has 0 fully saturated rings. The van der Waals surface area contributed by atoms with Crippen molar-refractivity contribution in [1.29, 1.82) is 0 Å². The van der Waals surface area contributed by atoms with E-state index in [1.165, 1.54) is 0 Å². The molecule has 0 aromatic carbocycles. The van der Waals surface area contributed by atoms with Crippen LogP contribution >= 0.6 is 0 Å². The molecule has 2 N–H and O–H groups in total. The van der Waals surface area contributed by atoms with Crippen molar-refractivity contribution >= 4 is 0 Å². The van der Waals surface area contributed by atoms with E-state index in [-0.39, 0.29) is 0 Å². The number of aryl methyl sites for hydroxylation is 2. The molecule has 0 bridgehead atoms. The minimum Gasteiger partial charge on any atom is -0.368 e. The first-order chi connectivity index (χ1) is 8.48. The van der Waals surface area contributed by atoms with Gasteiger partial charge < -0.3 is 10.5 Å². The Morgan fingerprint density at radius 2 is 1.72 bits per heavy atom. The Labute approximate surface area is 110 Å². The zero-order valence-corrected chi connectivity index (χ0v) is 12.2. The molecule has 102 valence electrons. The van der Waals surface area contributed by atoms with Crippen LogP contribution in [-0.4, -0.2) is 23.1 Å². The van der Waals surface area contributed by atoms with E-state index in [2.05, 4.69) is 16.9 Å². The molecule has 4 nitrogen and oxygen atoms in total. The van der Waals surface area contributed by atoms with Gasteiger partial charge in [0.15, 0.2) is 5.82 Å². The minimum atomic E-state index is -0.397. The van der Waals surface area contributed by atoms with Crippen molar-refractivity contribution in [3.05, 3.63) is 22.8 Å². The summed E-state index contributed by atoms with van der Waals surface area (Å²) < 4.78 is 5.82. The molecule has 0 aliphatic heterocycles. The fourth-order valence-corrected chi connectivity index (χ4v) is 2.13. The van der Waals surface area contributed by atoms with E-state index in [1.54, 1.807) is 0 Å². The van der Waals surface area contributed by atoms with Gasteiger partial charge in [-0.15, -0.1) is 0 Å². The Hall–Kier alpha value is -1.00. The van der Waals surface area contributed by atoms with E-state index in [4.69, 9.17) is 10.5 Å². The summed E-state index contributed by atoms with van der Waals surface area (Å²) in [5, 5.41) is 0. The third-order valence-corrected chi connectivity index (χ3v) is 3.43. The lowest BCUT2D eigenvalue weighted by Gasteiger charge is -2.27. The molecule has 1 unspecified atom stereocenters. The Kier molecular flexibility index (Phi) is 5.23. The van der Waals surface area contributed by atoms with E-state index >= 15 is 0 Å². The summed E-state index contributed by atoms with van der Waals surface area (Å²) in [4.78, 5) is 9.24. The topological polar surface area (TPSA) is 61.0 Å². The third-order valence-electron chi connectivity index (χ3n) is 3.43. The van der Waals surface area contributed by atoms with E-state index in [0.29, 0.717) is 13.2 Å². The van der Waals surface area contributed by atoms with Crippen LogP contribution < -0.4 is 5.73 Å².